The molecule has 250 valence electrons. The molecule has 2 rings (SSSR count). The molecule has 0 atom stereocenters. The van der Waals surface area contributed by atoms with Gasteiger partial charge in [0.2, 0.25) is 0 Å². The van der Waals surface area contributed by atoms with Gasteiger partial charge in [-0.15, -0.1) is 0 Å². The minimum atomic E-state index is 1.08. The summed E-state index contributed by atoms with van der Waals surface area (Å²) in [6.45, 7) is 16.4. The lowest BCUT2D eigenvalue weighted by atomic mass is 10.0. The molecule has 0 radical (unpaired) electrons. The third kappa shape index (κ3) is 18.4. The summed E-state index contributed by atoms with van der Waals surface area (Å²) in [7, 11) is 0. The fraction of sp³-hybridized carbons (Fsp3) is 0.714. The Morgan fingerprint density at radius 3 is 1.00 bits per heavy atom. The quantitative estimate of drug-likeness (QED) is 0.0852. The lowest BCUT2D eigenvalue weighted by molar-refractivity contribution is 0.252. The third-order valence-corrected chi connectivity index (χ3v) is 9.31. The first-order valence-corrected chi connectivity index (χ1v) is 19.3. The molecule has 0 saturated carbocycles. The van der Waals surface area contributed by atoms with Crippen molar-refractivity contribution in [1.82, 2.24) is 9.80 Å². The molecule has 0 amide bonds. The van der Waals surface area contributed by atoms with E-state index in [0.717, 1.165) is 13.1 Å². The maximum Gasteiger partial charge on any atom is 0.0233 e. The van der Waals surface area contributed by atoms with Crippen molar-refractivity contribution >= 4 is 0 Å². The van der Waals surface area contributed by atoms with Crippen LogP contribution in [0.25, 0.3) is 11.1 Å². The normalized spacial score (nSPS) is 11.7. The Labute approximate surface area is 275 Å². The first-order chi connectivity index (χ1) is 21.7. The van der Waals surface area contributed by atoms with E-state index in [-0.39, 0.29) is 0 Å². The molecule has 0 aliphatic carbocycles. The Morgan fingerprint density at radius 2 is 0.659 bits per heavy atom. The average Bonchev–Trinajstić information content (AvgIpc) is 3.04. The first kappa shape index (κ1) is 38.5. The molecule has 2 aromatic carbocycles. The Kier molecular flexibility index (Phi) is 23.3. The van der Waals surface area contributed by atoms with Gasteiger partial charge in [-0.3, -0.25) is 9.80 Å². The molecule has 0 aliphatic heterocycles. The first-order valence-electron chi connectivity index (χ1n) is 19.3. The number of hydrogen-bond donors (Lipinski definition) is 0. The van der Waals surface area contributed by atoms with E-state index in [1.807, 2.05) is 0 Å². The molecule has 0 saturated heterocycles. The van der Waals surface area contributed by atoms with Crippen LogP contribution >= 0.6 is 0 Å². The van der Waals surface area contributed by atoms with Crippen molar-refractivity contribution in [3.8, 4) is 11.1 Å². The van der Waals surface area contributed by atoms with Crippen LogP contribution in [0.5, 0.6) is 0 Å². The number of rotatable bonds is 29. The standard InChI is InChI=1S/C42H72N2/c1-5-9-13-17-19-23-33-43(31-21-15-11-7-3)37-39-27-25-29-41(35-39)42-30-26-28-40(36-42)38-44(32-22-16-12-8-4)34-24-20-18-14-10-6-2/h25-30,35-36H,5-24,31-34,37-38H2,1-4H3. The molecule has 0 aliphatic rings. The molecule has 44 heavy (non-hydrogen) atoms. The molecule has 2 nitrogen and oxygen atoms in total. The van der Waals surface area contributed by atoms with Crippen LogP contribution < -0.4 is 0 Å². The third-order valence-electron chi connectivity index (χ3n) is 9.31. The summed E-state index contributed by atoms with van der Waals surface area (Å²) in [5.74, 6) is 0. The fourth-order valence-electron chi connectivity index (χ4n) is 6.51. The Hall–Kier alpha value is -1.64. The van der Waals surface area contributed by atoms with E-state index in [1.54, 1.807) is 0 Å². The second-order valence-corrected chi connectivity index (χ2v) is 13.6. The summed E-state index contributed by atoms with van der Waals surface area (Å²) >= 11 is 0. The van der Waals surface area contributed by atoms with Gasteiger partial charge in [-0.05, 0) is 86.2 Å². The smallest absolute Gasteiger partial charge is 0.0233 e. The minimum absolute atomic E-state index is 1.08. The topological polar surface area (TPSA) is 6.48 Å². The average molecular weight is 605 g/mol. The van der Waals surface area contributed by atoms with Crippen molar-refractivity contribution in [2.45, 2.75) is 169 Å². The van der Waals surface area contributed by atoms with Crippen molar-refractivity contribution in [3.63, 3.8) is 0 Å². The molecule has 2 aromatic rings. The predicted molar refractivity (Wildman–Crippen MR) is 197 cm³/mol. The Morgan fingerprint density at radius 1 is 0.364 bits per heavy atom. The number of nitrogens with zero attached hydrogens (tertiary/aromatic N) is 2. The second kappa shape index (κ2) is 26.6. The van der Waals surface area contributed by atoms with E-state index in [2.05, 4.69) is 86.0 Å². The zero-order valence-electron chi connectivity index (χ0n) is 29.9. The van der Waals surface area contributed by atoms with Gasteiger partial charge in [-0.1, -0.05) is 167 Å². The zero-order chi connectivity index (χ0) is 31.5. The molecule has 0 unspecified atom stereocenters. The van der Waals surface area contributed by atoms with Gasteiger partial charge in [0.1, 0.15) is 0 Å². The lowest BCUT2D eigenvalue weighted by Gasteiger charge is -2.23. The van der Waals surface area contributed by atoms with Crippen molar-refractivity contribution in [2.75, 3.05) is 26.2 Å². The molecular weight excluding hydrogens is 532 g/mol. The molecule has 0 aromatic heterocycles. The molecular formula is C42H72N2. The Bertz CT molecular complexity index is 846. The van der Waals surface area contributed by atoms with E-state index < -0.39 is 0 Å². The van der Waals surface area contributed by atoms with Crippen LogP contribution in [-0.4, -0.2) is 36.0 Å². The van der Waals surface area contributed by atoms with Crippen LogP contribution in [0.15, 0.2) is 48.5 Å². The highest BCUT2D eigenvalue weighted by Crippen LogP contribution is 2.24. The van der Waals surface area contributed by atoms with Gasteiger partial charge < -0.3 is 0 Å². The van der Waals surface area contributed by atoms with Gasteiger partial charge >= 0.3 is 0 Å². The zero-order valence-corrected chi connectivity index (χ0v) is 29.9. The van der Waals surface area contributed by atoms with Gasteiger partial charge in [0.25, 0.3) is 0 Å². The van der Waals surface area contributed by atoms with E-state index >= 15 is 0 Å². The van der Waals surface area contributed by atoms with Crippen LogP contribution in [0.3, 0.4) is 0 Å². The van der Waals surface area contributed by atoms with Gasteiger partial charge in [0, 0.05) is 13.1 Å². The van der Waals surface area contributed by atoms with Crippen LogP contribution in [0.4, 0.5) is 0 Å². The molecule has 0 bridgehead atoms. The lowest BCUT2D eigenvalue weighted by Crippen LogP contribution is -2.26. The monoisotopic (exact) mass is 605 g/mol. The van der Waals surface area contributed by atoms with Gasteiger partial charge in [-0.25, -0.2) is 0 Å². The minimum Gasteiger partial charge on any atom is -0.299 e. The van der Waals surface area contributed by atoms with Crippen molar-refractivity contribution in [2.24, 2.45) is 0 Å². The van der Waals surface area contributed by atoms with Gasteiger partial charge in [0.15, 0.2) is 0 Å². The van der Waals surface area contributed by atoms with Gasteiger partial charge in [-0.2, -0.15) is 0 Å². The van der Waals surface area contributed by atoms with Gasteiger partial charge in [0.05, 0.1) is 0 Å². The largest absolute Gasteiger partial charge is 0.299 e. The van der Waals surface area contributed by atoms with Crippen molar-refractivity contribution < 1.29 is 0 Å². The van der Waals surface area contributed by atoms with Crippen LogP contribution in [-0.2, 0) is 13.1 Å². The van der Waals surface area contributed by atoms with E-state index in [1.165, 1.54) is 177 Å². The van der Waals surface area contributed by atoms with E-state index in [9.17, 15) is 0 Å². The van der Waals surface area contributed by atoms with Crippen molar-refractivity contribution in [1.29, 1.82) is 0 Å². The van der Waals surface area contributed by atoms with Crippen LogP contribution in [0.1, 0.15) is 167 Å². The van der Waals surface area contributed by atoms with Crippen molar-refractivity contribution in [3.05, 3.63) is 59.7 Å². The Balaban J connectivity index is 2.02. The highest BCUT2D eigenvalue weighted by Gasteiger charge is 2.10. The SMILES string of the molecule is CCCCCCCCN(CCCCCC)Cc1cccc(-c2cccc(CN(CCCCCC)CCCCCCCC)c2)c1. The summed E-state index contributed by atoms with van der Waals surface area (Å²) < 4.78 is 0. The highest BCUT2D eigenvalue weighted by atomic mass is 15.1. The molecule has 0 N–H and O–H groups in total. The summed E-state index contributed by atoms with van der Waals surface area (Å²) in [5, 5.41) is 0. The summed E-state index contributed by atoms with van der Waals surface area (Å²) in [5.41, 5.74) is 5.69. The molecule has 0 spiro atoms. The predicted octanol–water partition coefficient (Wildman–Crippen LogP) is 12.8. The van der Waals surface area contributed by atoms with E-state index in [4.69, 9.17) is 0 Å². The number of unbranched alkanes of at least 4 members (excludes halogenated alkanes) is 16. The maximum absolute atomic E-state index is 2.74. The summed E-state index contributed by atoms with van der Waals surface area (Å²) in [4.78, 5) is 5.48. The molecule has 0 fully saturated rings. The number of hydrogen-bond acceptors (Lipinski definition) is 2. The molecule has 0 heterocycles. The highest BCUT2D eigenvalue weighted by molar-refractivity contribution is 5.65. The van der Waals surface area contributed by atoms with Crippen LogP contribution in [0.2, 0.25) is 0 Å². The fourth-order valence-corrected chi connectivity index (χ4v) is 6.51. The summed E-state index contributed by atoms with van der Waals surface area (Å²) in [6.07, 6.45) is 27.3. The maximum atomic E-state index is 2.74. The van der Waals surface area contributed by atoms with Crippen LogP contribution in [0, 0.1) is 0 Å². The van der Waals surface area contributed by atoms with E-state index in [0.29, 0.717) is 0 Å². The molecule has 2 heteroatoms. The summed E-state index contributed by atoms with van der Waals surface area (Å²) in [6, 6.07) is 18.9. The number of benzene rings is 2. The second-order valence-electron chi connectivity index (χ2n) is 13.6.